The number of hydrogen-bond donors (Lipinski definition) is 3. The van der Waals surface area contributed by atoms with Gasteiger partial charge in [-0.05, 0) is 26.0 Å². The summed E-state index contributed by atoms with van der Waals surface area (Å²) in [4.78, 5) is 10.1. The summed E-state index contributed by atoms with van der Waals surface area (Å²) in [5.74, 6) is 0. The van der Waals surface area contributed by atoms with Crippen LogP contribution in [-0.2, 0) is 0 Å². The Morgan fingerprint density at radius 3 is 2.56 bits per heavy atom. The summed E-state index contributed by atoms with van der Waals surface area (Å²) in [6, 6.07) is 4.53. The third kappa shape index (κ3) is 2.83. The number of nitrogens with two attached hydrogens (primary N) is 2. The zero-order valence-corrected chi connectivity index (χ0v) is 9.36. The summed E-state index contributed by atoms with van der Waals surface area (Å²) in [6.45, 7) is 4.32. The fourth-order valence-corrected chi connectivity index (χ4v) is 1.24. The average Bonchev–Trinajstić information content (AvgIpc) is 2.16. The third-order valence-corrected chi connectivity index (χ3v) is 2.22. The molecule has 5 N–H and O–H groups in total. The van der Waals surface area contributed by atoms with Crippen molar-refractivity contribution in [3.05, 3.63) is 28.3 Å². The minimum Gasteiger partial charge on any atom is -0.393 e. The van der Waals surface area contributed by atoms with Gasteiger partial charge in [-0.25, -0.2) is 0 Å². The Balaban J connectivity index is 2.94. The Kier molecular flexibility index (Phi) is 3.34. The number of hydrogen-bond acceptors (Lipinski definition) is 5. The third-order valence-electron chi connectivity index (χ3n) is 2.22. The van der Waals surface area contributed by atoms with E-state index >= 15 is 0 Å². The molecule has 0 saturated heterocycles. The largest absolute Gasteiger partial charge is 0.393 e. The molecule has 16 heavy (non-hydrogen) atoms. The van der Waals surface area contributed by atoms with Crippen LogP contribution in [0.25, 0.3) is 0 Å². The molecule has 0 radical (unpaired) electrons. The lowest BCUT2D eigenvalue weighted by Gasteiger charge is -2.25. The van der Waals surface area contributed by atoms with Gasteiger partial charge in [0.1, 0.15) is 5.69 Å². The van der Waals surface area contributed by atoms with E-state index in [1.54, 1.807) is 6.07 Å². The molecule has 0 fully saturated rings. The van der Waals surface area contributed by atoms with Gasteiger partial charge in [0.2, 0.25) is 0 Å². The fraction of sp³-hybridized carbons (Fsp3) is 0.400. The first-order chi connectivity index (χ1) is 7.35. The first-order valence-electron chi connectivity index (χ1n) is 4.88. The number of nitrogen functional groups attached to an aromatic ring is 1. The normalized spacial score (nSPS) is 11.2. The van der Waals surface area contributed by atoms with E-state index in [0.717, 1.165) is 5.69 Å². The first kappa shape index (κ1) is 12.3. The monoisotopic (exact) mass is 224 g/mol. The maximum Gasteiger partial charge on any atom is 0.292 e. The van der Waals surface area contributed by atoms with Crippen molar-refractivity contribution in [2.24, 2.45) is 5.73 Å². The van der Waals surface area contributed by atoms with Crippen LogP contribution in [0.5, 0.6) is 0 Å². The van der Waals surface area contributed by atoms with Crippen LogP contribution >= 0.6 is 0 Å². The van der Waals surface area contributed by atoms with Crippen LogP contribution in [-0.4, -0.2) is 17.0 Å². The molecule has 0 bridgehead atoms. The molecule has 0 aromatic heterocycles. The van der Waals surface area contributed by atoms with Gasteiger partial charge in [0.25, 0.3) is 5.69 Å². The Bertz CT molecular complexity index is 404. The number of nitrogens with one attached hydrogen (secondary N) is 1. The van der Waals surface area contributed by atoms with E-state index in [1.165, 1.54) is 12.1 Å². The van der Waals surface area contributed by atoms with Crippen LogP contribution in [0.2, 0.25) is 0 Å². The molecule has 0 amide bonds. The summed E-state index contributed by atoms with van der Waals surface area (Å²) in [7, 11) is 0. The maximum absolute atomic E-state index is 10.6. The minimum atomic E-state index is -0.507. The van der Waals surface area contributed by atoms with Crippen molar-refractivity contribution in [2.75, 3.05) is 17.6 Å². The fourth-order valence-electron chi connectivity index (χ4n) is 1.24. The van der Waals surface area contributed by atoms with Crippen molar-refractivity contribution in [3.8, 4) is 0 Å². The Labute approximate surface area is 93.8 Å². The molecule has 88 valence electrons. The smallest absolute Gasteiger partial charge is 0.292 e. The molecule has 0 saturated carbocycles. The van der Waals surface area contributed by atoms with Gasteiger partial charge >= 0.3 is 0 Å². The van der Waals surface area contributed by atoms with Crippen LogP contribution in [0, 0.1) is 10.1 Å². The summed E-state index contributed by atoms with van der Waals surface area (Å²) < 4.78 is 0. The Hall–Kier alpha value is -1.82. The maximum atomic E-state index is 10.6. The van der Waals surface area contributed by atoms with Crippen LogP contribution in [0.1, 0.15) is 13.8 Å². The molecule has 6 nitrogen and oxygen atoms in total. The molecular formula is C10H16N4O2. The van der Waals surface area contributed by atoms with Crippen molar-refractivity contribution in [2.45, 2.75) is 19.4 Å². The SMILES string of the molecule is CC(C)(CN)Nc1ccc([N+](=O)[O-])c(N)c1. The van der Waals surface area contributed by atoms with E-state index < -0.39 is 4.92 Å². The van der Waals surface area contributed by atoms with Gasteiger partial charge in [-0.2, -0.15) is 0 Å². The van der Waals surface area contributed by atoms with E-state index in [9.17, 15) is 10.1 Å². The van der Waals surface area contributed by atoms with Crippen LogP contribution in [0.4, 0.5) is 17.1 Å². The molecular weight excluding hydrogens is 208 g/mol. The first-order valence-corrected chi connectivity index (χ1v) is 4.88. The molecule has 0 spiro atoms. The number of anilines is 2. The molecule has 1 aromatic carbocycles. The minimum absolute atomic E-state index is 0.0869. The highest BCUT2D eigenvalue weighted by Gasteiger charge is 2.17. The lowest BCUT2D eigenvalue weighted by atomic mass is 10.1. The molecule has 0 atom stereocenters. The molecule has 1 rings (SSSR count). The summed E-state index contributed by atoms with van der Waals surface area (Å²) in [6.07, 6.45) is 0. The number of nitro benzene ring substituents is 1. The second kappa shape index (κ2) is 4.36. The predicted octanol–water partition coefficient (Wildman–Crippen LogP) is 1.33. The van der Waals surface area contributed by atoms with Crippen molar-refractivity contribution in [3.63, 3.8) is 0 Å². The van der Waals surface area contributed by atoms with E-state index in [-0.39, 0.29) is 16.9 Å². The number of rotatable bonds is 4. The predicted molar refractivity (Wildman–Crippen MR) is 64.3 cm³/mol. The van der Waals surface area contributed by atoms with Crippen LogP contribution in [0.15, 0.2) is 18.2 Å². The second-order valence-electron chi connectivity index (χ2n) is 4.24. The highest BCUT2D eigenvalue weighted by Crippen LogP contribution is 2.26. The number of nitro groups is 1. The summed E-state index contributed by atoms with van der Waals surface area (Å²) in [5.41, 5.74) is 11.6. The molecule has 0 aliphatic heterocycles. The van der Waals surface area contributed by atoms with Gasteiger partial charge in [0.15, 0.2) is 0 Å². The molecule has 1 aromatic rings. The molecule has 0 unspecified atom stereocenters. The van der Waals surface area contributed by atoms with Crippen molar-refractivity contribution >= 4 is 17.1 Å². The summed E-state index contributed by atoms with van der Waals surface area (Å²) >= 11 is 0. The number of benzene rings is 1. The second-order valence-corrected chi connectivity index (χ2v) is 4.24. The van der Waals surface area contributed by atoms with E-state index in [0.29, 0.717) is 6.54 Å². The van der Waals surface area contributed by atoms with Crippen molar-refractivity contribution < 1.29 is 4.92 Å². The average molecular weight is 224 g/mol. The van der Waals surface area contributed by atoms with Crippen molar-refractivity contribution in [1.82, 2.24) is 0 Å². The lowest BCUT2D eigenvalue weighted by Crippen LogP contribution is -2.39. The van der Waals surface area contributed by atoms with Crippen molar-refractivity contribution in [1.29, 1.82) is 0 Å². The standard InChI is InChI=1S/C10H16N4O2/c1-10(2,6-11)13-7-3-4-9(14(15)16)8(12)5-7/h3-5,13H,6,11-12H2,1-2H3. The Morgan fingerprint density at radius 1 is 1.50 bits per heavy atom. The van der Waals surface area contributed by atoms with Gasteiger partial charge in [0.05, 0.1) is 4.92 Å². The van der Waals surface area contributed by atoms with Gasteiger partial charge in [-0.3, -0.25) is 10.1 Å². The zero-order chi connectivity index (χ0) is 12.3. The highest BCUT2D eigenvalue weighted by atomic mass is 16.6. The van der Waals surface area contributed by atoms with Crippen LogP contribution in [0.3, 0.4) is 0 Å². The molecule has 0 heterocycles. The van der Waals surface area contributed by atoms with Gasteiger partial charge in [0, 0.05) is 23.8 Å². The quantitative estimate of drug-likeness (QED) is 0.406. The summed E-state index contributed by atoms with van der Waals surface area (Å²) in [5, 5.41) is 13.7. The van der Waals surface area contributed by atoms with Crippen LogP contribution < -0.4 is 16.8 Å². The van der Waals surface area contributed by atoms with E-state index in [1.807, 2.05) is 13.8 Å². The molecule has 0 aliphatic carbocycles. The van der Waals surface area contributed by atoms with Gasteiger partial charge in [-0.1, -0.05) is 0 Å². The number of nitrogens with zero attached hydrogens (tertiary/aromatic N) is 1. The van der Waals surface area contributed by atoms with Gasteiger partial charge in [-0.15, -0.1) is 0 Å². The highest BCUT2D eigenvalue weighted by molar-refractivity contribution is 5.66. The zero-order valence-electron chi connectivity index (χ0n) is 9.36. The molecule has 6 heteroatoms. The topological polar surface area (TPSA) is 107 Å². The van der Waals surface area contributed by atoms with E-state index in [4.69, 9.17) is 11.5 Å². The van der Waals surface area contributed by atoms with Gasteiger partial charge < -0.3 is 16.8 Å². The molecule has 0 aliphatic rings. The van der Waals surface area contributed by atoms with E-state index in [2.05, 4.69) is 5.32 Å². The lowest BCUT2D eigenvalue weighted by molar-refractivity contribution is -0.383. The Morgan fingerprint density at radius 2 is 2.12 bits per heavy atom.